The molecule has 0 amide bonds. The summed E-state index contributed by atoms with van der Waals surface area (Å²) in [4.78, 5) is 4.96. The molecule has 3 nitrogen and oxygen atoms in total. The van der Waals surface area contributed by atoms with Crippen LogP contribution in [0.25, 0.3) is 82.4 Å². The monoisotopic (exact) mass is 614 g/mol. The van der Waals surface area contributed by atoms with Crippen LogP contribution in [0.15, 0.2) is 152 Å². The summed E-state index contributed by atoms with van der Waals surface area (Å²) in [5.41, 5.74) is 10.3. The Morgan fingerprint density at radius 3 is 2.02 bits per heavy atom. The van der Waals surface area contributed by atoms with Gasteiger partial charge in [-0.15, -0.1) is 0 Å². The standard InChI is InChI=1S/C45H30N2O/c1-2-42-46-38-17-10-18-41-45(38)47(42)39-27-32(22-24-40(39)48-41)31-21-23-36-37(26-31)44(33-20-19-28-11-6-7-14-30(28)25-33)35-16-9-8-15-34(35)43(36)29-12-4-3-5-13-29/h3-27H,2H2,1H3. The van der Waals surface area contributed by atoms with E-state index in [1.807, 2.05) is 12.1 Å². The Hall–Kier alpha value is -6.19. The third-order valence-corrected chi connectivity index (χ3v) is 9.90. The lowest BCUT2D eigenvalue weighted by Crippen LogP contribution is -2.07. The molecule has 1 aliphatic heterocycles. The van der Waals surface area contributed by atoms with Gasteiger partial charge >= 0.3 is 0 Å². The molecule has 226 valence electrons. The molecule has 0 unspecified atom stereocenters. The van der Waals surface area contributed by atoms with E-state index in [1.54, 1.807) is 0 Å². The lowest BCUT2D eigenvalue weighted by Gasteiger charge is -2.22. The smallest absolute Gasteiger partial charge is 0.153 e. The molecule has 9 aromatic rings. The van der Waals surface area contributed by atoms with Crippen LogP contribution in [0.2, 0.25) is 0 Å². The van der Waals surface area contributed by atoms with Crippen LogP contribution in [0.3, 0.4) is 0 Å². The fourth-order valence-corrected chi connectivity index (χ4v) is 7.73. The van der Waals surface area contributed by atoms with Crippen molar-refractivity contribution in [1.82, 2.24) is 9.55 Å². The fraction of sp³-hybridized carbons (Fsp3) is 0.0444. The van der Waals surface area contributed by atoms with Gasteiger partial charge in [0.05, 0.1) is 11.2 Å². The van der Waals surface area contributed by atoms with E-state index in [9.17, 15) is 0 Å². The summed E-state index contributed by atoms with van der Waals surface area (Å²) in [6.07, 6.45) is 0.832. The Labute approximate surface area is 278 Å². The van der Waals surface area contributed by atoms with Crippen LogP contribution < -0.4 is 4.74 Å². The second-order valence-electron chi connectivity index (χ2n) is 12.6. The van der Waals surface area contributed by atoms with Crippen molar-refractivity contribution in [3.05, 3.63) is 157 Å². The molecule has 0 N–H and O–H groups in total. The Morgan fingerprint density at radius 1 is 0.500 bits per heavy atom. The second-order valence-corrected chi connectivity index (χ2v) is 12.6. The first-order valence-corrected chi connectivity index (χ1v) is 16.6. The fourth-order valence-electron chi connectivity index (χ4n) is 7.73. The molecular formula is C45H30N2O. The molecule has 1 aliphatic rings. The number of hydrogen-bond acceptors (Lipinski definition) is 2. The minimum Gasteiger partial charge on any atom is -0.453 e. The first kappa shape index (κ1) is 27.0. The number of aryl methyl sites for hydroxylation is 1. The molecule has 0 radical (unpaired) electrons. The lowest BCUT2D eigenvalue weighted by atomic mass is 9.84. The number of benzene rings is 8. The summed E-state index contributed by atoms with van der Waals surface area (Å²) in [6.45, 7) is 2.16. The van der Waals surface area contributed by atoms with E-state index < -0.39 is 0 Å². The molecule has 0 spiro atoms. The number of hydrogen-bond donors (Lipinski definition) is 0. The van der Waals surface area contributed by atoms with Crippen molar-refractivity contribution in [2.24, 2.45) is 0 Å². The van der Waals surface area contributed by atoms with Crippen molar-refractivity contribution < 1.29 is 4.74 Å². The largest absolute Gasteiger partial charge is 0.453 e. The zero-order valence-corrected chi connectivity index (χ0v) is 26.4. The van der Waals surface area contributed by atoms with Crippen LogP contribution in [0.1, 0.15) is 12.7 Å². The number of nitrogens with zero attached hydrogens (tertiary/aromatic N) is 2. The summed E-state index contributed by atoms with van der Waals surface area (Å²) in [5, 5.41) is 7.47. The zero-order valence-electron chi connectivity index (χ0n) is 26.4. The van der Waals surface area contributed by atoms with E-state index in [4.69, 9.17) is 9.72 Å². The van der Waals surface area contributed by atoms with Gasteiger partial charge in [-0.25, -0.2) is 4.98 Å². The first-order valence-electron chi connectivity index (χ1n) is 16.6. The average Bonchev–Trinajstić information content (AvgIpc) is 3.54. The summed E-state index contributed by atoms with van der Waals surface area (Å²) < 4.78 is 8.72. The van der Waals surface area contributed by atoms with E-state index in [0.29, 0.717) is 0 Å². The molecule has 0 bridgehead atoms. The number of rotatable bonds is 4. The maximum Gasteiger partial charge on any atom is 0.153 e. The van der Waals surface area contributed by atoms with Gasteiger partial charge in [0.2, 0.25) is 0 Å². The summed E-state index contributed by atoms with van der Waals surface area (Å²) >= 11 is 0. The van der Waals surface area contributed by atoms with E-state index in [-0.39, 0.29) is 0 Å². The quantitative estimate of drug-likeness (QED) is 0.184. The predicted molar refractivity (Wildman–Crippen MR) is 199 cm³/mol. The van der Waals surface area contributed by atoms with Crippen molar-refractivity contribution in [2.45, 2.75) is 13.3 Å². The number of fused-ring (bicyclic) bond motifs is 5. The molecule has 0 aliphatic carbocycles. The van der Waals surface area contributed by atoms with Gasteiger partial charge < -0.3 is 4.74 Å². The van der Waals surface area contributed by atoms with Crippen LogP contribution >= 0.6 is 0 Å². The van der Waals surface area contributed by atoms with Gasteiger partial charge in [0.1, 0.15) is 11.3 Å². The van der Waals surface area contributed by atoms with E-state index in [0.717, 1.165) is 51.6 Å². The van der Waals surface area contributed by atoms with Gasteiger partial charge in [-0.05, 0) is 102 Å². The van der Waals surface area contributed by atoms with Gasteiger partial charge in [0, 0.05) is 6.42 Å². The molecule has 8 aromatic carbocycles. The molecule has 48 heavy (non-hydrogen) atoms. The van der Waals surface area contributed by atoms with Gasteiger partial charge in [-0.1, -0.05) is 122 Å². The number of ether oxygens (including phenoxy) is 1. The van der Waals surface area contributed by atoms with Crippen molar-refractivity contribution in [3.8, 4) is 50.6 Å². The van der Waals surface area contributed by atoms with Crippen molar-refractivity contribution in [3.63, 3.8) is 0 Å². The van der Waals surface area contributed by atoms with Crippen LogP contribution in [-0.4, -0.2) is 9.55 Å². The molecular weight excluding hydrogens is 585 g/mol. The topological polar surface area (TPSA) is 27.1 Å². The Kier molecular flexibility index (Phi) is 5.85. The van der Waals surface area contributed by atoms with E-state index in [1.165, 1.54) is 54.6 Å². The highest BCUT2D eigenvalue weighted by Gasteiger charge is 2.24. The summed E-state index contributed by atoms with van der Waals surface area (Å²) in [5.74, 6) is 2.74. The number of imidazole rings is 1. The highest BCUT2D eigenvalue weighted by Crippen LogP contribution is 2.47. The van der Waals surface area contributed by atoms with Crippen LogP contribution in [0.4, 0.5) is 0 Å². The molecule has 0 fully saturated rings. The van der Waals surface area contributed by atoms with E-state index in [2.05, 4.69) is 151 Å². The molecule has 10 rings (SSSR count). The number of aromatic nitrogens is 2. The van der Waals surface area contributed by atoms with Gasteiger partial charge in [0.15, 0.2) is 11.5 Å². The van der Waals surface area contributed by atoms with Crippen LogP contribution in [-0.2, 0) is 6.42 Å². The maximum absolute atomic E-state index is 6.43. The molecule has 1 aromatic heterocycles. The third kappa shape index (κ3) is 3.98. The van der Waals surface area contributed by atoms with Crippen molar-refractivity contribution >= 4 is 43.4 Å². The Morgan fingerprint density at radius 2 is 1.19 bits per heavy atom. The minimum atomic E-state index is 0.832. The van der Waals surface area contributed by atoms with Crippen molar-refractivity contribution in [2.75, 3.05) is 0 Å². The SMILES string of the molecule is CCc1nc2cccc3c2n1-c1cc(-c2ccc4c(-c5ccccc5)c5ccccc5c(-c5ccc6ccccc6c5)c4c2)ccc1O3. The normalized spacial score (nSPS) is 12.1. The van der Waals surface area contributed by atoms with Gasteiger partial charge in [-0.3, -0.25) is 4.57 Å². The van der Waals surface area contributed by atoms with Crippen molar-refractivity contribution in [1.29, 1.82) is 0 Å². The minimum absolute atomic E-state index is 0.832. The third-order valence-electron chi connectivity index (χ3n) is 9.90. The summed E-state index contributed by atoms with van der Waals surface area (Å²) in [7, 11) is 0. The molecule has 0 saturated carbocycles. The van der Waals surface area contributed by atoms with Crippen LogP contribution in [0.5, 0.6) is 11.5 Å². The Balaban J connectivity index is 1.26. The Bertz CT molecular complexity index is 2740. The van der Waals surface area contributed by atoms with Gasteiger partial charge in [-0.2, -0.15) is 0 Å². The molecule has 3 heteroatoms. The maximum atomic E-state index is 6.43. The molecule has 0 saturated heterocycles. The summed E-state index contributed by atoms with van der Waals surface area (Å²) in [6, 6.07) is 54.8. The lowest BCUT2D eigenvalue weighted by molar-refractivity contribution is 0.474. The van der Waals surface area contributed by atoms with Crippen LogP contribution in [0, 0.1) is 0 Å². The predicted octanol–water partition coefficient (Wildman–Crippen LogP) is 12.2. The number of para-hydroxylation sites is 1. The second kappa shape index (κ2) is 10.4. The molecule has 0 atom stereocenters. The van der Waals surface area contributed by atoms with E-state index >= 15 is 0 Å². The average molecular weight is 615 g/mol. The van der Waals surface area contributed by atoms with Gasteiger partial charge in [0.25, 0.3) is 0 Å². The first-order chi connectivity index (χ1) is 23.7. The highest BCUT2D eigenvalue weighted by molar-refractivity contribution is 6.22. The molecule has 2 heterocycles. The highest BCUT2D eigenvalue weighted by atomic mass is 16.5. The zero-order chi connectivity index (χ0) is 31.8.